The van der Waals surface area contributed by atoms with Gasteiger partial charge in [0.1, 0.15) is 6.10 Å². The van der Waals surface area contributed by atoms with Crippen molar-refractivity contribution in [1.82, 2.24) is 0 Å². The largest absolute Gasteiger partial charge is 0.481 e. The summed E-state index contributed by atoms with van der Waals surface area (Å²) in [5, 5.41) is 8.72. The summed E-state index contributed by atoms with van der Waals surface area (Å²) >= 11 is 0. The van der Waals surface area contributed by atoms with Crippen molar-refractivity contribution in [3.05, 3.63) is 11.6 Å². The number of carbonyl (C=O) groups is 2. The van der Waals surface area contributed by atoms with Crippen LogP contribution in [0.2, 0.25) is 0 Å². The average molecular weight is 557 g/mol. The fraction of sp³-hybridized carbons (Fsp3) is 0.889. The first-order chi connectivity index (χ1) is 19.1. The maximum Gasteiger partial charge on any atom is 0.306 e. The Bertz CT molecular complexity index is 876. The number of aliphatic carboxylic acids is 1. The second kappa shape index (κ2) is 14.2. The molecular weight excluding hydrogens is 496 g/mol. The third-order valence-corrected chi connectivity index (χ3v) is 12.2. The molecule has 4 rings (SSSR count). The predicted molar refractivity (Wildman–Crippen MR) is 163 cm³/mol. The summed E-state index contributed by atoms with van der Waals surface area (Å²) in [6, 6.07) is 0. The maximum atomic E-state index is 12.6. The van der Waals surface area contributed by atoms with Crippen LogP contribution < -0.4 is 0 Å². The third kappa shape index (κ3) is 7.54. The van der Waals surface area contributed by atoms with Gasteiger partial charge in [0, 0.05) is 19.3 Å². The Morgan fingerprint density at radius 2 is 1.62 bits per heavy atom. The molecule has 4 aliphatic carbocycles. The van der Waals surface area contributed by atoms with Crippen LogP contribution in [-0.4, -0.2) is 23.1 Å². The van der Waals surface area contributed by atoms with E-state index < -0.39 is 5.97 Å². The van der Waals surface area contributed by atoms with Crippen LogP contribution in [-0.2, 0) is 14.3 Å². The van der Waals surface area contributed by atoms with E-state index in [-0.39, 0.29) is 18.5 Å². The lowest BCUT2D eigenvalue weighted by Gasteiger charge is -2.58. The summed E-state index contributed by atoms with van der Waals surface area (Å²) in [6.07, 6.45) is 25.0. The molecule has 0 saturated heterocycles. The van der Waals surface area contributed by atoms with Gasteiger partial charge in [-0.2, -0.15) is 0 Å². The lowest BCUT2D eigenvalue weighted by atomic mass is 9.47. The molecule has 0 aromatic heterocycles. The molecule has 0 heterocycles. The minimum absolute atomic E-state index is 0.0207. The highest BCUT2D eigenvalue weighted by molar-refractivity contribution is 5.69. The van der Waals surface area contributed by atoms with E-state index in [0.717, 1.165) is 81.0 Å². The minimum atomic E-state index is -0.707. The van der Waals surface area contributed by atoms with Gasteiger partial charge < -0.3 is 9.84 Å². The van der Waals surface area contributed by atoms with E-state index in [0.29, 0.717) is 17.3 Å². The van der Waals surface area contributed by atoms with Gasteiger partial charge in [0.15, 0.2) is 0 Å². The number of hydrogen-bond donors (Lipinski definition) is 1. The van der Waals surface area contributed by atoms with Crippen molar-refractivity contribution in [3.63, 3.8) is 0 Å². The summed E-state index contributed by atoms with van der Waals surface area (Å²) in [6.45, 7) is 9.95. The number of unbranched alkanes of at least 4 members (excludes halogenated alkanes) is 6. The molecule has 3 saturated carbocycles. The molecule has 0 aliphatic heterocycles. The highest BCUT2D eigenvalue weighted by atomic mass is 16.5. The van der Waals surface area contributed by atoms with Gasteiger partial charge in [-0.25, -0.2) is 0 Å². The topological polar surface area (TPSA) is 63.6 Å². The number of carbonyl (C=O) groups excluding carboxylic acids is 1. The van der Waals surface area contributed by atoms with E-state index >= 15 is 0 Å². The van der Waals surface area contributed by atoms with Crippen LogP contribution in [0.25, 0.3) is 0 Å². The van der Waals surface area contributed by atoms with Crippen molar-refractivity contribution >= 4 is 11.9 Å². The van der Waals surface area contributed by atoms with Gasteiger partial charge in [-0.15, -0.1) is 0 Å². The van der Waals surface area contributed by atoms with Crippen molar-refractivity contribution in [2.24, 2.45) is 40.4 Å². The molecule has 0 aromatic rings. The Hall–Kier alpha value is -1.32. The van der Waals surface area contributed by atoms with Crippen LogP contribution in [0.4, 0.5) is 0 Å². The molecule has 1 N–H and O–H groups in total. The summed E-state index contributed by atoms with van der Waals surface area (Å²) in [7, 11) is 0. The maximum absolute atomic E-state index is 12.6. The molecule has 4 heteroatoms. The van der Waals surface area contributed by atoms with Crippen LogP contribution in [0.1, 0.15) is 156 Å². The van der Waals surface area contributed by atoms with Gasteiger partial charge in [0.25, 0.3) is 0 Å². The molecule has 7 atom stereocenters. The number of carboxylic acid groups (broad SMARTS) is 1. The molecule has 0 bridgehead atoms. The molecule has 4 nitrogen and oxygen atoms in total. The lowest BCUT2D eigenvalue weighted by Crippen LogP contribution is -2.50. The van der Waals surface area contributed by atoms with Gasteiger partial charge in [0.05, 0.1) is 0 Å². The Morgan fingerprint density at radius 3 is 2.35 bits per heavy atom. The molecule has 40 heavy (non-hydrogen) atoms. The first kappa shape index (κ1) is 31.6. The third-order valence-electron chi connectivity index (χ3n) is 12.2. The van der Waals surface area contributed by atoms with Crippen molar-refractivity contribution < 1.29 is 19.4 Å². The second-order valence-electron chi connectivity index (χ2n) is 15.1. The zero-order valence-corrected chi connectivity index (χ0v) is 26.4. The zero-order valence-electron chi connectivity index (χ0n) is 26.4. The number of rotatable bonds is 15. The molecule has 0 radical (unpaired) electrons. The number of carboxylic acids is 1. The van der Waals surface area contributed by atoms with Crippen molar-refractivity contribution in [1.29, 1.82) is 0 Å². The SMILES string of the molecule is CC(C)CCCC[C@H]1CC[C@H]2[C@@H]3CC=C4C[C@@H](OC(=O)CCCCCCCCC(=O)O)CC[C@]4(C)C3CC[C@]12C. The van der Waals surface area contributed by atoms with E-state index in [1.165, 1.54) is 64.2 Å². The van der Waals surface area contributed by atoms with Crippen molar-refractivity contribution in [3.8, 4) is 0 Å². The lowest BCUT2D eigenvalue weighted by molar-refractivity contribution is -0.151. The summed E-state index contributed by atoms with van der Waals surface area (Å²) in [5.74, 6) is 3.63. The van der Waals surface area contributed by atoms with E-state index in [9.17, 15) is 9.59 Å². The molecule has 4 aliphatic rings. The van der Waals surface area contributed by atoms with Gasteiger partial charge >= 0.3 is 11.9 Å². The quantitative estimate of drug-likeness (QED) is 0.124. The fourth-order valence-corrected chi connectivity index (χ4v) is 9.75. The van der Waals surface area contributed by atoms with Gasteiger partial charge in [-0.05, 0) is 105 Å². The van der Waals surface area contributed by atoms with E-state index in [2.05, 4.69) is 33.8 Å². The Balaban J connectivity index is 1.22. The average Bonchev–Trinajstić information content (AvgIpc) is 3.24. The summed E-state index contributed by atoms with van der Waals surface area (Å²) < 4.78 is 6.01. The van der Waals surface area contributed by atoms with Gasteiger partial charge in [-0.1, -0.05) is 84.3 Å². The number of allylic oxidation sites excluding steroid dienone is 1. The van der Waals surface area contributed by atoms with Crippen LogP contribution in [0.15, 0.2) is 11.6 Å². The summed E-state index contributed by atoms with van der Waals surface area (Å²) in [4.78, 5) is 23.2. The molecule has 0 aromatic carbocycles. The molecular formula is C36H60O4. The highest BCUT2D eigenvalue weighted by Crippen LogP contribution is 2.66. The molecule has 228 valence electrons. The highest BCUT2D eigenvalue weighted by Gasteiger charge is 2.58. The standard InChI is InChI=1S/C36H60O4/c1-26(2)13-11-12-14-27-18-20-31-30-19-17-28-25-29(21-23-36(28,4)32(30)22-24-35(27,31)3)40-34(39)16-10-8-6-5-7-9-15-33(37)38/h17,26-27,29-32H,5-16,18-25H2,1-4H3,(H,37,38)/t27-,29-,30-,31-,32?,35+,36-/m0/s1. The predicted octanol–water partition coefficient (Wildman–Crippen LogP) is 9.90. The summed E-state index contributed by atoms with van der Waals surface area (Å²) in [5.41, 5.74) is 2.47. The van der Waals surface area contributed by atoms with Crippen molar-refractivity contribution in [2.75, 3.05) is 0 Å². The first-order valence-electron chi connectivity index (χ1n) is 17.2. The van der Waals surface area contributed by atoms with Gasteiger partial charge in [0.2, 0.25) is 0 Å². The first-order valence-corrected chi connectivity index (χ1v) is 17.2. The number of fused-ring (bicyclic) bond motifs is 5. The van der Waals surface area contributed by atoms with Gasteiger partial charge in [-0.3, -0.25) is 9.59 Å². The molecule has 1 unspecified atom stereocenters. The van der Waals surface area contributed by atoms with Crippen LogP contribution >= 0.6 is 0 Å². The Kier molecular flexibility index (Phi) is 11.2. The molecule has 0 spiro atoms. The Labute approximate surface area is 245 Å². The molecule has 0 amide bonds. The van der Waals surface area contributed by atoms with E-state index in [1.807, 2.05) is 0 Å². The normalized spacial score (nSPS) is 35.0. The minimum Gasteiger partial charge on any atom is -0.481 e. The fourth-order valence-electron chi connectivity index (χ4n) is 9.75. The van der Waals surface area contributed by atoms with Crippen molar-refractivity contribution in [2.45, 2.75) is 162 Å². The van der Waals surface area contributed by atoms with Crippen LogP contribution in [0.5, 0.6) is 0 Å². The molecule has 3 fully saturated rings. The number of ether oxygens (including phenoxy) is 1. The van der Waals surface area contributed by atoms with Crippen LogP contribution in [0, 0.1) is 40.4 Å². The van der Waals surface area contributed by atoms with Crippen LogP contribution in [0.3, 0.4) is 0 Å². The zero-order chi connectivity index (χ0) is 28.8. The number of esters is 1. The smallest absolute Gasteiger partial charge is 0.306 e. The second-order valence-corrected chi connectivity index (χ2v) is 15.1. The Morgan fingerprint density at radius 1 is 0.900 bits per heavy atom. The van der Waals surface area contributed by atoms with E-state index in [4.69, 9.17) is 9.84 Å². The van der Waals surface area contributed by atoms with E-state index in [1.54, 1.807) is 5.57 Å². The number of hydrogen-bond acceptors (Lipinski definition) is 3. The monoisotopic (exact) mass is 556 g/mol.